The van der Waals surface area contributed by atoms with Gasteiger partial charge in [0.15, 0.2) is 0 Å². The van der Waals surface area contributed by atoms with Crippen LogP contribution in [0.25, 0.3) is 0 Å². The minimum Gasteiger partial charge on any atom is -0.393 e. The molecule has 1 aliphatic carbocycles. The van der Waals surface area contributed by atoms with Gasteiger partial charge in [-0.25, -0.2) is 0 Å². The molecule has 0 saturated heterocycles. The monoisotopic (exact) mass is 347 g/mol. The second-order valence-corrected chi connectivity index (χ2v) is 6.94. The Bertz CT molecular complexity index is 693. The standard InChI is InChI=1S/C18H22ClN3O2/c1-22-11-14(10-20-22)18(13-8-16(23)9-13)21-17(24)7-4-12-2-5-15(19)6-3-12/h2-3,5-6,10-11,13,16,18,23H,4,7-9H2,1H3,(H,21,24). The van der Waals surface area contributed by atoms with Crippen molar-refractivity contribution in [1.82, 2.24) is 15.1 Å². The lowest BCUT2D eigenvalue weighted by molar-refractivity contribution is -0.123. The number of carbonyl (C=O) groups is 1. The number of nitrogens with zero attached hydrogens (tertiary/aromatic N) is 2. The van der Waals surface area contributed by atoms with Crippen molar-refractivity contribution in [2.45, 2.75) is 37.8 Å². The third-order valence-electron chi connectivity index (χ3n) is 4.58. The summed E-state index contributed by atoms with van der Waals surface area (Å²) in [6.07, 6.45) is 6.00. The number of nitrogens with one attached hydrogen (secondary N) is 1. The SMILES string of the molecule is Cn1cc(C(NC(=O)CCc2ccc(Cl)cc2)C2CC(O)C2)cn1. The van der Waals surface area contributed by atoms with E-state index in [-0.39, 0.29) is 24.0 Å². The zero-order chi connectivity index (χ0) is 17.1. The van der Waals surface area contributed by atoms with E-state index in [4.69, 9.17) is 11.6 Å². The van der Waals surface area contributed by atoms with Crippen molar-refractivity contribution in [2.24, 2.45) is 13.0 Å². The van der Waals surface area contributed by atoms with Crippen LogP contribution >= 0.6 is 11.6 Å². The van der Waals surface area contributed by atoms with Crippen LogP contribution in [-0.4, -0.2) is 26.9 Å². The molecule has 1 aromatic heterocycles. The van der Waals surface area contributed by atoms with Gasteiger partial charge in [-0.2, -0.15) is 5.10 Å². The van der Waals surface area contributed by atoms with Crippen molar-refractivity contribution in [1.29, 1.82) is 0 Å². The number of aliphatic hydroxyl groups excluding tert-OH is 1. The van der Waals surface area contributed by atoms with E-state index >= 15 is 0 Å². The molecule has 128 valence electrons. The summed E-state index contributed by atoms with van der Waals surface area (Å²) in [6, 6.07) is 7.47. The molecule has 24 heavy (non-hydrogen) atoms. The number of hydrogen-bond donors (Lipinski definition) is 2. The van der Waals surface area contributed by atoms with Gasteiger partial charge in [0.1, 0.15) is 0 Å². The molecule has 1 fully saturated rings. The molecule has 3 rings (SSSR count). The second-order valence-electron chi connectivity index (χ2n) is 6.50. The van der Waals surface area contributed by atoms with Gasteiger partial charge in [0, 0.05) is 30.3 Å². The van der Waals surface area contributed by atoms with E-state index in [9.17, 15) is 9.90 Å². The molecule has 0 radical (unpaired) electrons. The van der Waals surface area contributed by atoms with Crippen molar-refractivity contribution in [3.05, 3.63) is 52.8 Å². The molecule has 1 aliphatic rings. The maximum Gasteiger partial charge on any atom is 0.220 e. The van der Waals surface area contributed by atoms with Crippen LogP contribution in [0.2, 0.25) is 5.02 Å². The minimum atomic E-state index is -0.250. The summed E-state index contributed by atoms with van der Waals surface area (Å²) in [5.74, 6) is 0.281. The number of carbonyl (C=O) groups excluding carboxylic acids is 1. The normalized spacial score (nSPS) is 21.1. The number of benzene rings is 1. The zero-order valence-electron chi connectivity index (χ0n) is 13.7. The number of aromatic nitrogens is 2. The second kappa shape index (κ2) is 7.36. The van der Waals surface area contributed by atoms with Gasteiger partial charge in [-0.1, -0.05) is 23.7 Å². The smallest absolute Gasteiger partial charge is 0.220 e. The van der Waals surface area contributed by atoms with Crippen LogP contribution in [0.5, 0.6) is 0 Å². The highest BCUT2D eigenvalue weighted by Crippen LogP contribution is 2.38. The first-order valence-corrected chi connectivity index (χ1v) is 8.59. The number of aliphatic hydroxyl groups is 1. The van der Waals surface area contributed by atoms with Gasteiger partial charge < -0.3 is 10.4 Å². The van der Waals surface area contributed by atoms with Crippen molar-refractivity contribution in [3.8, 4) is 0 Å². The molecule has 5 nitrogen and oxygen atoms in total. The first kappa shape index (κ1) is 17.0. The van der Waals surface area contributed by atoms with Crippen LogP contribution in [0.4, 0.5) is 0 Å². The maximum atomic E-state index is 12.4. The summed E-state index contributed by atoms with van der Waals surface area (Å²) in [6.45, 7) is 0. The molecule has 1 atom stereocenters. The van der Waals surface area contributed by atoms with Crippen LogP contribution in [0.15, 0.2) is 36.7 Å². The number of hydrogen-bond acceptors (Lipinski definition) is 3. The van der Waals surface area contributed by atoms with Crippen LogP contribution in [0, 0.1) is 5.92 Å². The molecule has 2 aromatic rings. The average Bonchev–Trinajstić information content (AvgIpc) is 2.96. The van der Waals surface area contributed by atoms with E-state index in [0.29, 0.717) is 17.9 Å². The third-order valence-corrected chi connectivity index (χ3v) is 4.83. The Morgan fingerprint density at radius 2 is 2.12 bits per heavy atom. The highest BCUT2D eigenvalue weighted by Gasteiger charge is 2.36. The van der Waals surface area contributed by atoms with E-state index < -0.39 is 0 Å². The van der Waals surface area contributed by atoms with Gasteiger partial charge in [-0.15, -0.1) is 0 Å². The first-order chi connectivity index (χ1) is 11.5. The van der Waals surface area contributed by atoms with Gasteiger partial charge in [-0.3, -0.25) is 9.48 Å². The van der Waals surface area contributed by atoms with Crippen molar-refractivity contribution in [3.63, 3.8) is 0 Å². The van der Waals surface area contributed by atoms with Crippen LogP contribution in [0.1, 0.15) is 36.4 Å². The number of halogens is 1. The molecule has 1 heterocycles. The molecule has 0 aliphatic heterocycles. The fourth-order valence-electron chi connectivity index (χ4n) is 3.13. The van der Waals surface area contributed by atoms with Gasteiger partial charge in [0.25, 0.3) is 0 Å². The summed E-state index contributed by atoms with van der Waals surface area (Å²) < 4.78 is 1.73. The molecule has 0 bridgehead atoms. The highest BCUT2D eigenvalue weighted by molar-refractivity contribution is 6.30. The highest BCUT2D eigenvalue weighted by atomic mass is 35.5. The Morgan fingerprint density at radius 1 is 1.42 bits per heavy atom. The molecule has 2 N–H and O–H groups in total. The Morgan fingerprint density at radius 3 is 2.71 bits per heavy atom. The summed E-state index contributed by atoms with van der Waals surface area (Å²) >= 11 is 5.87. The molecule has 1 aromatic carbocycles. The topological polar surface area (TPSA) is 67.2 Å². The molecule has 6 heteroatoms. The number of aryl methyl sites for hydroxylation is 2. The summed E-state index contributed by atoms with van der Waals surface area (Å²) in [5.41, 5.74) is 2.08. The molecule has 1 unspecified atom stereocenters. The Kier molecular flexibility index (Phi) is 5.21. The van der Waals surface area contributed by atoms with E-state index in [1.165, 1.54) is 0 Å². The van der Waals surface area contributed by atoms with Gasteiger partial charge >= 0.3 is 0 Å². The summed E-state index contributed by atoms with van der Waals surface area (Å²) in [4.78, 5) is 12.4. The zero-order valence-corrected chi connectivity index (χ0v) is 14.4. The minimum absolute atomic E-state index is 0.0141. The summed E-state index contributed by atoms with van der Waals surface area (Å²) in [7, 11) is 1.86. The van der Waals surface area contributed by atoms with Gasteiger partial charge in [-0.05, 0) is 42.9 Å². The van der Waals surface area contributed by atoms with E-state index in [0.717, 1.165) is 24.0 Å². The molecule has 0 spiro atoms. The fourth-order valence-corrected chi connectivity index (χ4v) is 3.26. The van der Waals surface area contributed by atoms with Crippen LogP contribution in [0.3, 0.4) is 0 Å². The Labute approximate surface area is 146 Å². The molecular formula is C18H22ClN3O2. The van der Waals surface area contributed by atoms with E-state index in [1.54, 1.807) is 10.9 Å². The lowest BCUT2D eigenvalue weighted by Gasteiger charge is -2.37. The molecule has 1 amide bonds. The van der Waals surface area contributed by atoms with Crippen LogP contribution in [-0.2, 0) is 18.3 Å². The van der Waals surface area contributed by atoms with Crippen LogP contribution < -0.4 is 5.32 Å². The quantitative estimate of drug-likeness (QED) is 0.844. The van der Waals surface area contributed by atoms with Gasteiger partial charge in [0.05, 0.1) is 18.3 Å². The third kappa shape index (κ3) is 4.16. The van der Waals surface area contributed by atoms with Crippen molar-refractivity contribution < 1.29 is 9.90 Å². The fraction of sp³-hybridized carbons (Fsp3) is 0.444. The lowest BCUT2D eigenvalue weighted by atomic mass is 9.75. The molecular weight excluding hydrogens is 326 g/mol. The van der Waals surface area contributed by atoms with E-state index in [1.807, 2.05) is 37.5 Å². The van der Waals surface area contributed by atoms with Crippen molar-refractivity contribution >= 4 is 17.5 Å². The predicted molar refractivity (Wildman–Crippen MR) is 92.6 cm³/mol. The Hall–Kier alpha value is -1.85. The average molecular weight is 348 g/mol. The van der Waals surface area contributed by atoms with Crippen molar-refractivity contribution in [2.75, 3.05) is 0 Å². The molecule has 1 saturated carbocycles. The largest absolute Gasteiger partial charge is 0.393 e. The predicted octanol–water partition coefficient (Wildman–Crippen LogP) is 2.63. The number of amides is 1. The number of rotatable bonds is 6. The Balaban J connectivity index is 1.59. The maximum absolute atomic E-state index is 12.4. The van der Waals surface area contributed by atoms with Gasteiger partial charge in [0.2, 0.25) is 5.91 Å². The lowest BCUT2D eigenvalue weighted by Crippen LogP contribution is -2.41. The first-order valence-electron chi connectivity index (χ1n) is 8.21. The summed E-state index contributed by atoms with van der Waals surface area (Å²) in [5, 5.41) is 17.6. The van der Waals surface area contributed by atoms with E-state index in [2.05, 4.69) is 10.4 Å².